The summed E-state index contributed by atoms with van der Waals surface area (Å²) in [5.74, 6) is -1.11. The Labute approximate surface area is 175 Å². The second-order valence-electron chi connectivity index (χ2n) is 7.38. The molecule has 0 radical (unpaired) electrons. The number of carbonyl (C=O) groups excluding carboxylic acids is 3. The van der Waals surface area contributed by atoms with Crippen molar-refractivity contribution in [1.82, 2.24) is 5.32 Å². The van der Waals surface area contributed by atoms with Crippen LogP contribution in [0.5, 0.6) is 0 Å². The Bertz CT molecular complexity index is 972. The van der Waals surface area contributed by atoms with Crippen LogP contribution in [0.3, 0.4) is 0 Å². The lowest BCUT2D eigenvalue weighted by atomic mass is 10.1. The minimum Gasteiger partial charge on any atom is -0.368 e. The third kappa shape index (κ3) is 5.02. The minimum atomic E-state index is -0.706. The van der Waals surface area contributed by atoms with E-state index >= 15 is 0 Å². The molecule has 156 valence electrons. The van der Waals surface area contributed by atoms with Crippen molar-refractivity contribution in [3.05, 3.63) is 60.2 Å². The molecule has 8 heteroatoms. The summed E-state index contributed by atoms with van der Waals surface area (Å²) in [6, 6.07) is 15.7. The van der Waals surface area contributed by atoms with Crippen LogP contribution in [0.15, 0.2) is 59.7 Å². The van der Waals surface area contributed by atoms with Crippen molar-refractivity contribution >= 4 is 34.8 Å². The normalized spacial score (nSPS) is 15.6. The molecule has 0 spiro atoms. The summed E-state index contributed by atoms with van der Waals surface area (Å²) in [7, 11) is 0. The highest BCUT2D eigenvalue weighted by molar-refractivity contribution is 6.40. The van der Waals surface area contributed by atoms with E-state index in [0.717, 1.165) is 5.56 Å². The molecular weight excluding hydrogens is 382 g/mol. The maximum atomic E-state index is 12.6. The van der Waals surface area contributed by atoms with Crippen molar-refractivity contribution < 1.29 is 14.4 Å². The predicted octanol–water partition coefficient (Wildman–Crippen LogP) is 2.02. The van der Waals surface area contributed by atoms with Gasteiger partial charge in [-0.2, -0.15) is 5.10 Å². The summed E-state index contributed by atoms with van der Waals surface area (Å²) in [5, 5.41) is 11.5. The van der Waals surface area contributed by atoms with E-state index in [1.807, 2.05) is 44.2 Å². The summed E-state index contributed by atoms with van der Waals surface area (Å²) in [5.41, 5.74) is 7.94. The van der Waals surface area contributed by atoms with E-state index in [-0.39, 0.29) is 36.4 Å². The van der Waals surface area contributed by atoms with E-state index in [4.69, 9.17) is 5.73 Å². The monoisotopic (exact) mass is 407 g/mol. The lowest BCUT2D eigenvalue weighted by Gasteiger charge is -2.20. The smallest absolute Gasteiger partial charge is 0.267 e. The summed E-state index contributed by atoms with van der Waals surface area (Å²) >= 11 is 0. The Balaban J connectivity index is 1.66. The average Bonchev–Trinajstić information content (AvgIpc) is 3.19. The molecule has 4 N–H and O–H groups in total. The van der Waals surface area contributed by atoms with Gasteiger partial charge in [0.05, 0.1) is 5.69 Å². The third-order valence-electron chi connectivity index (χ3n) is 4.69. The van der Waals surface area contributed by atoms with E-state index < -0.39 is 11.9 Å². The molecule has 3 amide bonds. The van der Waals surface area contributed by atoms with Gasteiger partial charge in [-0.25, -0.2) is 0 Å². The Hall–Kier alpha value is -3.68. The van der Waals surface area contributed by atoms with E-state index in [0.29, 0.717) is 11.4 Å². The van der Waals surface area contributed by atoms with E-state index in [2.05, 4.69) is 15.7 Å². The molecular formula is C22H25N5O3. The van der Waals surface area contributed by atoms with Crippen LogP contribution in [0, 0.1) is 5.92 Å². The molecule has 1 aliphatic rings. The SMILES string of the molecule is CC(C)C(=O)Nc1cccc(CNC(=O)C2=NN(c3ccccc3)C(C(N)=O)C2)c1. The molecule has 0 saturated carbocycles. The standard InChI is InChI=1S/C22H25N5O3/c1-14(2)21(29)25-16-8-6-7-15(11-16)13-24-22(30)18-12-19(20(23)28)27(26-18)17-9-4-3-5-10-17/h3-11,14,19H,12-13H2,1-2H3,(H2,23,28)(H,24,30)(H,25,29). The van der Waals surface area contributed by atoms with Gasteiger partial charge in [0.25, 0.3) is 5.91 Å². The predicted molar refractivity (Wildman–Crippen MR) is 116 cm³/mol. The van der Waals surface area contributed by atoms with Crippen molar-refractivity contribution in [2.75, 3.05) is 10.3 Å². The van der Waals surface area contributed by atoms with Crippen molar-refractivity contribution in [3.63, 3.8) is 0 Å². The maximum absolute atomic E-state index is 12.6. The number of benzene rings is 2. The zero-order valence-electron chi connectivity index (χ0n) is 17.0. The fraction of sp³-hybridized carbons (Fsp3) is 0.273. The van der Waals surface area contributed by atoms with Gasteiger partial charge < -0.3 is 16.4 Å². The molecule has 8 nitrogen and oxygen atoms in total. The Morgan fingerprint density at radius 3 is 2.53 bits per heavy atom. The van der Waals surface area contributed by atoms with E-state index in [1.165, 1.54) is 5.01 Å². The van der Waals surface area contributed by atoms with Crippen LogP contribution in [0.25, 0.3) is 0 Å². The van der Waals surface area contributed by atoms with Crippen molar-refractivity contribution in [3.8, 4) is 0 Å². The van der Waals surface area contributed by atoms with Crippen molar-refractivity contribution in [2.45, 2.75) is 32.9 Å². The molecule has 2 aromatic carbocycles. The molecule has 0 bridgehead atoms. The van der Waals surface area contributed by atoms with Gasteiger partial charge in [0.1, 0.15) is 11.8 Å². The first-order valence-electron chi connectivity index (χ1n) is 9.74. The number of primary amides is 1. The summed E-state index contributed by atoms with van der Waals surface area (Å²) in [4.78, 5) is 36.3. The van der Waals surface area contributed by atoms with Gasteiger partial charge in [-0.1, -0.05) is 44.2 Å². The number of rotatable bonds is 7. The van der Waals surface area contributed by atoms with Gasteiger partial charge in [0, 0.05) is 24.6 Å². The molecule has 1 heterocycles. The first-order chi connectivity index (χ1) is 14.3. The fourth-order valence-corrected chi connectivity index (χ4v) is 3.02. The minimum absolute atomic E-state index is 0.0741. The molecule has 1 aliphatic heterocycles. The first-order valence-corrected chi connectivity index (χ1v) is 9.74. The van der Waals surface area contributed by atoms with Crippen LogP contribution >= 0.6 is 0 Å². The van der Waals surface area contributed by atoms with Crippen LogP contribution in [0.2, 0.25) is 0 Å². The second-order valence-corrected chi connectivity index (χ2v) is 7.38. The second kappa shape index (κ2) is 9.21. The highest BCUT2D eigenvalue weighted by Crippen LogP contribution is 2.24. The molecule has 30 heavy (non-hydrogen) atoms. The number of amides is 3. The van der Waals surface area contributed by atoms with Gasteiger partial charge in [-0.15, -0.1) is 0 Å². The fourth-order valence-electron chi connectivity index (χ4n) is 3.02. The number of hydrogen-bond acceptors (Lipinski definition) is 5. The number of hydrazone groups is 1. The highest BCUT2D eigenvalue weighted by atomic mass is 16.2. The molecule has 0 saturated heterocycles. The Morgan fingerprint density at radius 1 is 1.13 bits per heavy atom. The molecule has 0 aliphatic carbocycles. The quantitative estimate of drug-likeness (QED) is 0.651. The van der Waals surface area contributed by atoms with Gasteiger partial charge in [-0.05, 0) is 29.8 Å². The van der Waals surface area contributed by atoms with Crippen LogP contribution in [-0.2, 0) is 20.9 Å². The number of carbonyl (C=O) groups is 3. The van der Waals surface area contributed by atoms with Crippen LogP contribution in [0.4, 0.5) is 11.4 Å². The lowest BCUT2D eigenvalue weighted by molar-refractivity contribution is -0.119. The number of para-hydroxylation sites is 1. The van der Waals surface area contributed by atoms with E-state index in [1.54, 1.807) is 24.3 Å². The van der Waals surface area contributed by atoms with Gasteiger partial charge >= 0.3 is 0 Å². The molecule has 2 aromatic rings. The Kier molecular flexibility index (Phi) is 6.46. The van der Waals surface area contributed by atoms with E-state index in [9.17, 15) is 14.4 Å². The number of nitrogens with one attached hydrogen (secondary N) is 2. The topological polar surface area (TPSA) is 117 Å². The number of anilines is 2. The average molecular weight is 407 g/mol. The number of nitrogens with zero attached hydrogens (tertiary/aromatic N) is 2. The van der Waals surface area contributed by atoms with Gasteiger partial charge in [0.2, 0.25) is 11.8 Å². The van der Waals surface area contributed by atoms with Gasteiger partial charge in [-0.3, -0.25) is 19.4 Å². The third-order valence-corrected chi connectivity index (χ3v) is 4.69. The van der Waals surface area contributed by atoms with Crippen LogP contribution < -0.4 is 21.4 Å². The van der Waals surface area contributed by atoms with Crippen LogP contribution in [0.1, 0.15) is 25.8 Å². The lowest BCUT2D eigenvalue weighted by Crippen LogP contribution is -2.39. The molecule has 3 rings (SSSR count). The Morgan fingerprint density at radius 2 is 1.87 bits per heavy atom. The summed E-state index contributed by atoms with van der Waals surface area (Å²) in [6.07, 6.45) is 0.139. The number of nitrogens with two attached hydrogens (primary N) is 1. The number of hydrogen-bond donors (Lipinski definition) is 3. The van der Waals surface area contributed by atoms with Crippen molar-refractivity contribution in [2.24, 2.45) is 16.8 Å². The molecule has 1 unspecified atom stereocenters. The summed E-state index contributed by atoms with van der Waals surface area (Å²) < 4.78 is 0. The maximum Gasteiger partial charge on any atom is 0.267 e. The molecule has 0 aromatic heterocycles. The molecule has 1 atom stereocenters. The van der Waals surface area contributed by atoms with Crippen LogP contribution in [-0.4, -0.2) is 29.5 Å². The van der Waals surface area contributed by atoms with Gasteiger partial charge in [0.15, 0.2) is 0 Å². The summed E-state index contributed by atoms with van der Waals surface area (Å²) in [6.45, 7) is 3.90. The highest BCUT2D eigenvalue weighted by Gasteiger charge is 2.34. The zero-order valence-corrected chi connectivity index (χ0v) is 17.0. The first kappa shape index (κ1) is 21.0. The van der Waals surface area contributed by atoms with Crippen molar-refractivity contribution in [1.29, 1.82) is 0 Å². The zero-order chi connectivity index (χ0) is 21.7. The largest absolute Gasteiger partial charge is 0.368 e. The molecule has 0 fully saturated rings.